The fourth-order valence-electron chi connectivity index (χ4n) is 6.96. The molecule has 0 aromatic heterocycles. The third-order valence-corrected chi connectivity index (χ3v) is 9.31. The molecule has 3 saturated carbocycles. The van der Waals surface area contributed by atoms with Gasteiger partial charge in [0, 0.05) is 23.2 Å². The molecule has 37 heavy (non-hydrogen) atoms. The van der Waals surface area contributed by atoms with Gasteiger partial charge in [0.15, 0.2) is 0 Å². The third kappa shape index (κ3) is 5.81. The maximum atomic E-state index is 13.2. The predicted octanol–water partition coefficient (Wildman–Crippen LogP) is 3.69. The van der Waals surface area contributed by atoms with Crippen LogP contribution in [0.4, 0.5) is 9.59 Å². The van der Waals surface area contributed by atoms with E-state index in [1.807, 2.05) is 20.8 Å². The molecule has 3 aliphatic rings. The van der Waals surface area contributed by atoms with Crippen molar-refractivity contribution in [3.8, 4) is 0 Å². The number of amides is 2. The van der Waals surface area contributed by atoms with Gasteiger partial charge in [-0.2, -0.15) is 0 Å². The molecule has 3 aliphatic carbocycles. The lowest BCUT2D eigenvalue weighted by molar-refractivity contribution is -0.191. The Balaban J connectivity index is 0.000000521. The number of aliphatic carboxylic acids is 2. The first-order valence-electron chi connectivity index (χ1n) is 12.5. The Morgan fingerprint density at radius 3 is 2.14 bits per heavy atom. The molecular formula is C26H39NO10. The van der Waals surface area contributed by atoms with Crippen LogP contribution < -0.4 is 5.32 Å². The normalized spacial score (nSPS) is 38.5. The van der Waals surface area contributed by atoms with Gasteiger partial charge in [-0.05, 0) is 42.9 Å². The smallest absolute Gasteiger partial charge is 0.416 e. The van der Waals surface area contributed by atoms with Crippen molar-refractivity contribution >= 4 is 29.9 Å². The molecule has 8 atom stereocenters. The minimum Gasteiger partial charge on any atom is -0.481 e. The molecule has 0 spiro atoms. The van der Waals surface area contributed by atoms with Crippen molar-refractivity contribution in [1.82, 2.24) is 5.32 Å². The van der Waals surface area contributed by atoms with Crippen LogP contribution in [0.1, 0.15) is 72.6 Å². The highest BCUT2D eigenvalue weighted by Gasteiger charge is 2.68. The van der Waals surface area contributed by atoms with Gasteiger partial charge in [0.05, 0.1) is 18.9 Å². The van der Waals surface area contributed by atoms with Crippen LogP contribution >= 0.6 is 0 Å². The largest absolute Gasteiger partial charge is 0.481 e. The highest BCUT2D eigenvalue weighted by atomic mass is 16.6. The van der Waals surface area contributed by atoms with Crippen LogP contribution in [0.2, 0.25) is 0 Å². The molecule has 0 aromatic carbocycles. The number of carboxylic acid groups (broad SMARTS) is 3. The molecule has 0 saturated heterocycles. The maximum absolute atomic E-state index is 13.2. The summed E-state index contributed by atoms with van der Waals surface area (Å²) < 4.78 is 5.69. The van der Waals surface area contributed by atoms with Crippen molar-refractivity contribution in [1.29, 1.82) is 0 Å². The van der Waals surface area contributed by atoms with Gasteiger partial charge in [-0.25, -0.2) is 14.9 Å². The number of ketones is 1. The molecule has 0 radical (unpaired) electrons. The highest BCUT2D eigenvalue weighted by molar-refractivity contribution is 5.87. The average Bonchev–Trinajstić information content (AvgIpc) is 3.16. The summed E-state index contributed by atoms with van der Waals surface area (Å²) in [6, 6.07) is 0. The molecular weight excluding hydrogens is 486 g/mol. The predicted molar refractivity (Wildman–Crippen MR) is 131 cm³/mol. The van der Waals surface area contributed by atoms with Crippen LogP contribution in [-0.2, 0) is 19.1 Å². The molecule has 2 amide bonds. The summed E-state index contributed by atoms with van der Waals surface area (Å²) >= 11 is 0. The van der Waals surface area contributed by atoms with Crippen LogP contribution in [0.25, 0.3) is 0 Å². The summed E-state index contributed by atoms with van der Waals surface area (Å²) in [4.78, 5) is 55.6. The fraction of sp³-hybridized carbons (Fsp3) is 0.731. The van der Waals surface area contributed by atoms with Crippen molar-refractivity contribution in [3.05, 3.63) is 12.7 Å². The number of alkyl carbamates (subject to hydrolysis) is 1. The highest BCUT2D eigenvalue weighted by Crippen LogP contribution is 2.67. The lowest BCUT2D eigenvalue weighted by atomic mass is 9.44. The summed E-state index contributed by atoms with van der Waals surface area (Å²) in [5.41, 5.74) is -1.75. The van der Waals surface area contributed by atoms with Crippen molar-refractivity contribution in [3.63, 3.8) is 0 Å². The number of Topliss-reactive ketones (excluding diaryl/α,β-unsaturated/α-hetero) is 1. The van der Waals surface area contributed by atoms with Gasteiger partial charge in [0.1, 0.15) is 11.9 Å². The van der Waals surface area contributed by atoms with Crippen molar-refractivity contribution in [2.24, 2.45) is 34.0 Å². The number of carbonyl (C=O) groups excluding carboxylic acids is 2. The van der Waals surface area contributed by atoms with E-state index in [4.69, 9.17) is 20.1 Å². The molecule has 0 aliphatic heterocycles. The first kappa shape index (κ1) is 30.3. The van der Waals surface area contributed by atoms with Crippen molar-refractivity contribution in [2.75, 3.05) is 0 Å². The van der Waals surface area contributed by atoms with E-state index < -0.39 is 47.2 Å². The van der Waals surface area contributed by atoms with Crippen molar-refractivity contribution < 1.29 is 49.1 Å². The lowest BCUT2D eigenvalue weighted by Gasteiger charge is -2.61. The molecule has 0 aromatic rings. The van der Waals surface area contributed by atoms with E-state index in [2.05, 4.69) is 13.5 Å². The molecule has 11 heteroatoms. The monoisotopic (exact) mass is 525 g/mol. The van der Waals surface area contributed by atoms with Gasteiger partial charge in [0.25, 0.3) is 0 Å². The zero-order valence-electron chi connectivity index (χ0n) is 21.9. The van der Waals surface area contributed by atoms with Gasteiger partial charge in [0.2, 0.25) is 0 Å². The van der Waals surface area contributed by atoms with E-state index in [1.54, 1.807) is 11.4 Å². The Labute approximate surface area is 216 Å². The van der Waals surface area contributed by atoms with Gasteiger partial charge < -0.3 is 25.2 Å². The van der Waals surface area contributed by atoms with E-state index in [-0.39, 0.29) is 48.2 Å². The summed E-state index contributed by atoms with van der Waals surface area (Å²) in [6.07, 6.45) is 0.260. The van der Waals surface area contributed by atoms with Crippen LogP contribution in [-0.4, -0.2) is 62.5 Å². The van der Waals surface area contributed by atoms with Gasteiger partial charge in [-0.1, -0.05) is 33.8 Å². The van der Waals surface area contributed by atoms with E-state index in [0.29, 0.717) is 6.42 Å². The lowest BCUT2D eigenvalue weighted by Crippen LogP contribution is -2.63. The Morgan fingerprint density at radius 1 is 1.08 bits per heavy atom. The summed E-state index contributed by atoms with van der Waals surface area (Å²) in [5.74, 6) is -2.34. The molecule has 5 N–H and O–H groups in total. The number of carbonyl (C=O) groups is 5. The second kappa shape index (κ2) is 11.2. The minimum absolute atomic E-state index is 0.0989. The summed E-state index contributed by atoms with van der Waals surface area (Å²) in [5, 5.41) is 37.8. The van der Waals surface area contributed by atoms with E-state index in [1.165, 1.54) is 0 Å². The quantitative estimate of drug-likeness (QED) is 0.331. The number of hydrogen-bond acceptors (Lipinski definition) is 7. The second-order valence-electron chi connectivity index (χ2n) is 11.2. The van der Waals surface area contributed by atoms with Crippen LogP contribution in [0.15, 0.2) is 12.7 Å². The maximum Gasteiger partial charge on any atom is 0.416 e. The summed E-state index contributed by atoms with van der Waals surface area (Å²) in [7, 11) is 0. The number of ether oxygens (including phenoxy) is 1. The Kier molecular flexibility index (Phi) is 9.17. The number of aliphatic hydroxyl groups is 1. The first-order chi connectivity index (χ1) is 17.0. The molecule has 1 unspecified atom stereocenters. The number of imide groups is 1. The van der Waals surface area contributed by atoms with E-state index in [0.717, 1.165) is 19.3 Å². The zero-order chi connectivity index (χ0) is 28.3. The van der Waals surface area contributed by atoms with Crippen molar-refractivity contribution in [2.45, 2.75) is 84.8 Å². The SMILES string of the molecule is C=C[C@]1(C)C[C@@H](OC(=O)NC(=O)O)[C@@]2(C)C3C(=O)CC[C@@]3(CC[C@H]2C)[C@@H](C)[C@@H]1O.O=C(O)CCC(=O)O. The number of carboxylic acids is 2. The standard InChI is InChI=1S/C22H33NO6.C4H6O4/c1-6-20(4)11-15(29-19(28)23-18(26)27)21(5)12(2)7-9-22(13(3)17(20)25)10-8-14(24)16(21)22;5-3(6)1-2-4(7)8/h6,12-13,15-17,25H,1,7-11H2,2-5H3,(H,23,28)(H,26,27);1-2H2,(H,5,6)(H,7,8)/t12-,13+,15-,16?,17+,20-,21+,22+;/m1./s1. The topological polar surface area (TPSA) is 188 Å². The Morgan fingerprint density at radius 2 is 1.65 bits per heavy atom. The number of nitrogens with one attached hydrogen (secondary N) is 1. The molecule has 3 rings (SSSR count). The van der Waals surface area contributed by atoms with Crippen LogP contribution in [0, 0.1) is 34.0 Å². The second-order valence-corrected chi connectivity index (χ2v) is 11.2. The van der Waals surface area contributed by atoms with E-state index in [9.17, 15) is 29.1 Å². The Hall–Kier alpha value is -2.95. The molecule has 0 heterocycles. The minimum atomic E-state index is -1.49. The van der Waals surface area contributed by atoms with Crippen LogP contribution in [0.3, 0.4) is 0 Å². The zero-order valence-corrected chi connectivity index (χ0v) is 21.9. The van der Waals surface area contributed by atoms with Gasteiger partial charge >= 0.3 is 24.1 Å². The number of rotatable bonds is 5. The van der Waals surface area contributed by atoms with Gasteiger partial charge in [-0.3, -0.25) is 14.4 Å². The van der Waals surface area contributed by atoms with Gasteiger partial charge in [-0.15, -0.1) is 6.58 Å². The first-order valence-corrected chi connectivity index (χ1v) is 12.5. The molecule has 11 nitrogen and oxygen atoms in total. The average molecular weight is 526 g/mol. The Bertz CT molecular complexity index is 936. The van der Waals surface area contributed by atoms with Crippen LogP contribution in [0.5, 0.6) is 0 Å². The summed E-state index contributed by atoms with van der Waals surface area (Å²) in [6.45, 7) is 11.9. The molecule has 208 valence electrons. The number of hydrogen-bond donors (Lipinski definition) is 5. The fourth-order valence-corrected chi connectivity index (χ4v) is 6.96. The molecule has 2 bridgehead atoms. The van der Waals surface area contributed by atoms with E-state index >= 15 is 0 Å². The molecule has 3 fully saturated rings. The third-order valence-electron chi connectivity index (χ3n) is 9.31. The number of aliphatic hydroxyl groups excluding tert-OH is 1.